The molecule has 0 saturated carbocycles. The zero-order chi connectivity index (χ0) is 31.1. The average molecular weight is 620 g/mol. The number of carbonyl (C=O) groups excluding carboxylic acids is 2. The van der Waals surface area contributed by atoms with Gasteiger partial charge < -0.3 is 15.5 Å². The topological polar surface area (TPSA) is 93.7 Å². The van der Waals surface area contributed by atoms with Gasteiger partial charge in [-0.3, -0.25) is 14.7 Å². The van der Waals surface area contributed by atoms with Gasteiger partial charge in [0.05, 0.1) is 16.9 Å². The number of piperazine rings is 1. The molecular formula is C32H35F2N7O2S. The summed E-state index contributed by atoms with van der Waals surface area (Å²) in [6.07, 6.45) is 3.04. The number of benzene rings is 1. The highest BCUT2D eigenvalue weighted by Gasteiger charge is 2.42. The Morgan fingerprint density at radius 2 is 2.02 bits per heavy atom. The molecule has 230 valence electrons. The van der Waals surface area contributed by atoms with E-state index < -0.39 is 23.8 Å². The summed E-state index contributed by atoms with van der Waals surface area (Å²) < 4.78 is 31.7. The standard InChI is InChI=1S/C32H35F2N7O2S/c1-5-25(42)39-13-14-40(19(4)17-39)30-20-16-22(34)28-26-21(33)8-6-9-23(26)35-11-7-15-44-24-10-12-36-27(18(2)3)29(24)41(31(20)37-28)32(43)38-30/h5-6,8-10,12,16,18-19,30,35H,1,7,11,13-15,17H2,2-4H3,(H,38,43)/t19-,30?/m0/s1. The van der Waals surface area contributed by atoms with Gasteiger partial charge in [-0.2, -0.15) is 0 Å². The van der Waals surface area contributed by atoms with Gasteiger partial charge >= 0.3 is 6.03 Å². The van der Waals surface area contributed by atoms with E-state index in [1.54, 1.807) is 35.0 Å². The Morgan fingerprint density at radius 1 is 1.20 bits per heavy atom. The van der Waals surface area contributed by atoms with Crippen LogP contribution in [0.4, 0.5) is 30.8 Å². The van der Waals surface area contributed by atoms with Crippen LogP contribution in [-0.4, -0.2) is 69.7 Å². The largest absolute Gasteiger partial charge is 0.384 e. The number of hydrogen-bond acceptors (Lipinski definition) is 7. The lowest BCUT2D eigenvalue weighted by Gasteiger charge is -2.46. The van der Waals surface area contributed by atoms with Crippen LogP contribution in [0.25, 0.3) is 11.3 Å². The van der Waals surface area contributed by atoms with Gasteiger partial charge in [0.25, 0.3) is 0 Å². The summed E-state index contributed by atoms with van der Waals surface area (Å²) >= 11 is 1.60. The maximum atomic E-state index is 16.2. The van der Waals surface area contributed by atoms with Crippen molar-refractivity contribution in [3.8, 4) is 11.3 Å². The SMILES string of the molecule is C=CC(=O)N1CCN(C2NC(=O)N3c4nc(c(F)cc42)-c2c(F)cccc2NCCCSc2ccnc(C(C)C)c23)[C@@H](C)C1. The molecule has 2 N–H and O–H groups in total. The highest BCUT2D eigenvalue weighted by atomic mass is 32.2. The molecule has 6 rings (SSSR count). The molecule has 12 heteroatoms. The minimum Gasteiger partial charge on any atom is -0.384 e. The molecule has 2 atom stereocenters. The first-order valence-electron chi connectivity index (χ1n) is 14.8. The number of rotatable bonds is 3. The monoisotopic (exact) mass is 619 g/mol. The molecule has 1 fully saturated rings. The highest BCUT2D eigenvalue weighted by molar-refractivity contribution is 7.99. The van der Waals surface area contributed by atoms with Crippen LogP contribution in [0, 0.1) is 11.6 Å². The van der Waals surface area contributed by atoms with Crippen LogP contribution in [0.1, 0.15) is 50.5 Å². The van der Waals surface area contributed by atoms with Crippen molar-refractivity contribution in [2.24, 2.45) is 0 Å². The number of nitrogens with one attached hydrogen (secondary N) is 2. The van der Waals surface area contributed by atoms with Crippen LogP contribution in [0.2, 0.25) is 0 Å². The second-order valence-electron chi connectivity index (χ2n) is 11.5. The third-order valence-electron chi connectivity index (χ3n) is 8.28. The third-order valence-corrected chi connectivity index (χ3v) is 9.41. The molecule has 3 aliphatic rings. The summed E-state index contributed by atoms with van der Waals surface area (Å²) in [5, 5.41) is 6.38. The van der Waals surface area contributed by atoms with Crippen molar-refractivity contribution in [3.63, 3.8) is 0 Å². The molecule has 9 nitrogen and oxygen atoms in total. The Balaban J connectivity index is 1.58. The van der Waals surface area contributed by atoms with Crippen molar-refractivity contribution in [2.45, 2.75) is 50.2 Å². The summed E-state index contributed by atoms with van der Waals surface area (Å²) in [4.78, 5) is 42.1. The predicted molar refractivity (Wildman–Crippen MR) is 168 cm³/mol. The smallest absolute Gasteiger partial charge is 0.329 e. The maximum absolute atomic E-state index is 16.2. The van der Waals surface area contributed by atoms with Crippen LogP contribution in [0.3, 0.4) is 0 Å². The zero-order valence-corrected chi connectivity index (χ0v) is 25.8. The second-order valence-corrected chi connectivity index (χ2v) is 12.6. The molecule has 1 aromatic carbocycles. The van der Waals surface area contributed by atoms with Gasteiger partial charge in [-0.05, 0) is 55.4 Å². The highest BCUT2D eigenvalue weighted by Crippen LogP contribution is 2.46. The molecule has 3 aromatic rings. The van der Waals surface area contributed by atoms with Gasteiger partial charge in [0.1, 0.15) is 29.3 Å². The van der Waals surface area contributed by atoms with Gasteiger partial charge in [-0.1, -0.05) is 26.5 Å². The normalized spacial score (nSPS) is 20.4. The van der Waals surface area contributed by atoms with E-state index in [0.717, 1.165) is 17.1 Å². The Kier molecular flexibility index (Phi) is 8.30. The number of amides is 3. The van der Waals surface area contributed by atoms with Crippen molar-refractivity contribution in [1.82, 2.24) is 25.1 Å². The van der Waals surface area contributed by atoms with Crippen molar-refractivity contribution >= 4 is 40.9 Å². The van der Waals surface area contributed by atoms with Gasteiger partial charge in [0.15, 0.2) is 0 Å². The second kappa shape index (κ2) is 12.2. The lowest BCUT2D eigenvalue weighted by Crippen LogP contribution is -2.59. The fourth-order valence-electron chi connectivity index (χ4n) is 6.16. The Hall–Kier alpha value is -4.03. The summed E-state index contributed by atoms with van der Waals surface area (Å²) in [7, 11) is 0. The number of thioether (sulfide) groups is 1. The minimum absolute atomic E-state index is 0.0163. The zero-order valence-electron chi connectivity index (χ0n) is 24.9. The molecule has 5 heterocycles. The van der Waals surface area contributed by atoms with Crippen LogP contribution >= 0.6 is 11.8 Å². The number of hydrogen-bond donors (Lipinski definition) is 2. The predicted octanol–water partition coefficient (Wildman–Crippen LogP) is 6.03. The maximum Gasteiger partial charge on any atom is 0.329 e. The molecule has 2 bridgehead atoms. The van der Waals surface area contributed by atoms with Crippen LogP contribution in [0.15, 0.2) is 54.1 Å². The number of nitrogens with zero attached hydrogens (tertiary/aromatic N) is 5. The van der Waals surface area contributed by atoms with E-state index in [1.807, 2.05) is 31.7 Å². The molecule has 2 aromatic heterocycles. The first-order valence-corrected chi connectivity index (χ1v) is 15.8. The fraction of sp³-hybridized carbons (Fsp3) is 0.375. The number of anilines is 3. The average Bonchev–Trinajstić information content (AvgIpc) is 3.01. The molecule has 1 saturated heterocycles. The Morgan fingerprint density at radius 3 is 2.77 bits per heavy atom. The molecule has 3 aliphatic heterocycles. The van der Waals surface area contributed by atoms with Crippen LogP contribution in [-0.2, 0) is 4.79 Å². The quantitative estimate of drug-likeness (QED) is 0.346. The summed E-state index contributed by atoms with van der Waals surface area (Å²) in [6, 6.07) is 7.19. The van der Waals surface area contributed by atoms with Crippen molar-refractivity contribution < 1.29 is 18.4 Å². The number of halogens is 2. The molecule has 1 unspecified atom stereocenters. The van der Waals surface area contributed by atoms with E-state index in [1.165, 1.54) is 23.1 Å². The molecule has 0 spiro atoms. The first-order chi connectivity index (χ1) is 21.2. The number of pyridine rings is 2. The van der Waals surface area contributed by atoms with E-state index >= 15 is 8.78 Å². The molecule has 44 heavy (non-hydrogen) atoms. The molecule has 0 radical (unpaired) electrons. The summed E-state index contributed by atoms with van der Waals surface area (Å²) in [5.74, 6) is -0.576. The number of carbonyl (C=O) groups is 2. The van der Waals surface area contributed by atoms with Gasteiger partial charge in [0.2, 0.25) is 5.91 Å². The third kappa shape index (κ3) is 5.30. The van der Waals surface area contributed by atoms with Crippen LogP contribution < -0.4 is 15.5 Å². The van der Waals surface area contributed by atoms with E-state index in [2.05, 4.69) is 22.2 Å². The Labute approximate surface area is 259 Å². The van der Waals surface area contributed by atoms with Gasteiger partial charge in [0, 0.05) is 54.6 Å². The number of urea groups is 1. The molecular weight excluding hydrogens is 584 g/mol. The van der Waals surface area contributed by atoms with Crippen molar-refractivity contribution in [2.75, 3.05) is 42.1 Å². The lowest BCUT2D eigenvalue weighted by atomic mass is 10.0. The number of fused-ring (bicyclic) bond motifs is 5. The first kappa shape index (κ1) is 30.0. The van der Waals surface area contributed by atoms with E-state index in [-0.39, 0.29) is 34.9 Å². The number of aromatic nitrogens is 2. The summed E-state index contributed by atoms with van der Waals surface area (Å²) in [6.45, 7) is 11.4. The summed E-state index contributed by atoms with van der Waals surface area (Å²) in [5.41, 5.74) is 2.00. The van der Waals surface area contributed by atoms with Gasteiger partial charge in [-0.25, -0.2) is 23.5 Å². The van der Waals surface area contributed by atoms with E-state index in [9.17, 15) is 9.59 Å². The van der Waals surface area contributed by atoms with Crippen LogP contribution in [0.5, 0.6) is 0 Å². The Bertz CT molecular complexity index is 1630. The van der Waals surface area contributed by atoms with Crippen molar-refractivity contribution in [1.29, 1.82) is 0 Å². The fourth-order valence-corrected chi connectivity index (χ4v) is 7.16. The van der Waals surface area contributed by atoms with E-state index in [0.29, 0.717) is 48.8 Å². The van der Waals surface area contributed by atoms with Gasteiger partial charge in [-0.15, -0.1) is 11.8 Å². The molecule has 3 amide bonds. The van der Waals surface area contributed by atoms with E-state index in [4.69, 9.17) is 4.98 Å². The van der Waals surface area contributed by atoms with Crippen molar-refractivity contribution in [3.05, 3.63) is 72.1 Å². The minimum atomic E-state index is -0.732. The molecule has 0 aliphatic carbocycles. The lowest BCUT2D eigenvalue weighted by molar-refractivity contribution is -0.129.